The van der Waals surface area contributed by atoms with Crippen LogP contribution in [-0.2, 0) is 9.53 Å². The van der Waals surface area contributed by atoms with E-state index in [1.807, 2.05) is 0 Å². The minimum absolute atomic E-state index is 0.149. The summed E-state index contributed by atoms with van der Waals surface area (Å²) in [7, 11) is 0. The van der Waals surface area contributed by atoms with Gasteiger partial charge in [0.2, 0.25) is 0 Å². The van der Waals surface area contributed by atoms with Crippen LogP contribution in [0.2, 0.25) is 0 Å². The Labute approximate surface area is 87.1 Å². The molecule has 6 nitrogen and oxygen atoms in total. The normalized spacial score (nSPS) is 41.9. The van der Waals surface area contributed by atoms with Gasteiger partial charge in [-0.2, -0.15) is 0 Å². The van der Waals surface area contributed by atoms with E-state index in [4.69, 9.17) is 9.84 Å². The van der Waals surface area contributed by atoms with Gasteiger partial charge in [0.25, 0.3) is 0 Å². The average Bonchev–Trinajstić information content (AvgIpc) is 2.13. The zero-order chi connectivity index (χ0) is 11.7. The summed E-state index contributed by atoms with van der Waals surface area (Å²) in [5.74, 6) is -1.50. The molecule has 1 aliphatic heterocycles. The predicted octanol–water partition coefficient (Wildman–Crippen LogP) is -1.42. The van der Waals surface area contributed by atoms with Gasteiger partial charge in [-0.15, -0.1) is 0 Å². The largest absolute Gasteiger partial charge is 0.479 e. The van der Waals surface area contributed by atoms with E-state index in [-0.39, 0.29) is 5.92 Å². The Morgan fingerprint density at radius 3 is 2.07 bits per heavy atom. The zero-order valence-corrected chi connectivity index (χ0v) is 8.57. The van der Waals surface area contributed by atoms with Crippen molar-refractivity contribution in [1.29, 1.82) is 0 Å². The molecule has 88 valence electrons. The van der Waals surface area contributed by atoms with Crippen molar-refractivity contribution in [2.24, 2.45) is 5.92 Å². The second-order valence-electron chi connectivity index (χ2n) is 4.08. The van der Waals surface area contributed by atoms with Crippen LogP contribution in [0.1, 0.15) is 13.8 Å². The number of aliphatic hydroxyl groups excluding tert-OH is 3. The third-order valence-electron chi connectivity index (χ3n) is 2.55. The van der Waals surface area contributed by atoms with Gasteiger partial charge in [0.15, 0.2) is 6.10 Å². The number of rotatable bonds is 2. The third kappa shape index (κ3) is 2.28. The Morgan fingerprint density at radius 1 is 1.13 bits per heavy atom. The van der Waals surface area contributed by atoms with Crippen molar-refractivity contribution in [3.05, 3.63) is 0 Å². The molecule has 6 heteroatoms. The molecule has 0 radical (unpaired) electrons. The van der Waals surface area contributed by atoms with Crippen molar-refractivity contribution in [1.82, 2.24) is 0 Å². The molecule has 0 aromatic rings. The Bertz CT molecular complexity index is 241. The molecule has 0 aliphatic carbocycles. The van der Waals surface area contributed by atoms with E-state index in [2.05, 4.69) is 0 Å². The summed E-state index contributed by atoms with van der Waals surface area (Å²) in [5, 5.41) is 37.1. The molecular formula is C9H16O6. The monoisotopic (exact) mass is 220 g/mol. The maximum atomic E-state index is 10.7. The van der Waals surface area contributed by atoms with Crippen molar-refractivity contribution in [3.8, 4) is 0 Å². The lowest BCUT2D eigenvalue weighted by Crippen LogP contribution is -2.60. The van der Waals surface area contributed by atoms with Crippen LogP contribution in [0.4, 0.5) is 0 Å². The van der Waals surface area contributed by atoms with Gasteiger partial charge < -0.3 is 25.2 Å². The van der Waals surface area contributed by atoms with Gasteiger partial charge in [-0.3, -0.25) is 0 Å². The number of hydrogen-bond acceptors (Lipinski definition) is 5. The summed E-state index contributed by atoms with van der Waals surface area (Å²) in [4.78, 5) is 10.7. The number of hydrogen-bond donors (Lipinski definition) is 4. The number of carbonyl (C=O) groups is 1. The summed E-state index contributed by atoms with van der Waals surface area (Å²) in [6.45, 7) is 3.47. The fraction of sp³-hybridized carbons (Fsp3) is 0.889. The van der Waals surface area contributed by atoms with Crippen LogP contribution in [0.3, 0.4) is 0 Å². The van der Waals surface area contributed by atoms with Crippen molar-refractivity contribution < 1.29 is 30.0 Å². The van der Waals surface area contributed by atoms with Gasteiger partial charge in [0.1, 0.15) is 18.3 Å². The zero-order valence-electron chi connectivity index (χ0n) is 8.57. The maximum absolute atomic E-state index is 10.7. The maximum Gasteiger partial charge on any atom is 0.335 e. The first-order valence-corrected chi connectivity index (χ1v) is 4.78. The molecule has 0 spiro atoms. The van der Waals surface area contributed by atoms with Crippen molar-refractivity contribution in [2.45, 2.75) is 44.4 Å². The van der Waals surface area contributed by atoms with Crippen LogP contribution in [0.25, 0.3) is 0 Å². The average molecular weight is 220 g/mol. The Hall–Kier alpha value is -0.690. The molecule has 1 rings (SSSR count). The molecule has 4 N–H and O–H groups in total. The molecule has 1 saturated heterocycles. The molecule has 15 heavy (non-hydrogen) atoms. The number of carboxylic acid groups (broad SMARTS) is 1. The van der Waals surface area contributed by atoms with Gasteiger partial charge in [0, 0.05) is 0 Å². The van der Waals surface area contributed by atoms with Gasteiger partial charge in [0.05, 0.1) is 6.10 Å². The highest BCUT2D eigenvalue weighted by atomic mass is 16.6. The summed E-state index contributed by atoms with van der Waals surface area (Å²) in [5.41, 5.74) is 0. The summed E-state index contributed by atoms with van der Waals surface area (Å²) < 4.78 is 5.04. The number of carboxylic acids is 1. The fourth-order valence-corrected chi connectivity index (χ4v) is 1.66. The second kappa shape index (κ2) is 4.44. The standard InChI is InChI=1S/C9H16O6/c1-3(2)7-5(11)4(10)6(12)8(15-7)9(13)14/h3-8,10-12H,1-2H3,(H,13,14)/t4-,5-,6+,7?,8+/m1/s1. The van der Waals surface area contributed by atoms with Gasteiger partial charge in [-0.1, -0.05) is 13.8 Å². The van der Waals surface area contributed by atoms with Crippen LogP contribution in [0.15, 0.2) is 0 Å². The van der Waals surface area contributed by atoms with E-state index >= 15 is 0 Å². The summed E-state index contributed by atoms with van der Waals surface area (Å²) in [6, 6.07) is 0. The molecule has 1 fully saturated rings. The van der Waals surface area contributed by atoms with Crippen LogP contribution in [0, 0.1) is 5.92 Å². The van der Waals surface area contributed by atoms with Gasteiger partial charge in [-0.05, 0) is 5.92 Å². The lowest BCUT2D eigenvalue weighted by molar-refractivity contribution is -0.235. The van der Waals surface area contributed by atoms with E-state index < -0.39 is 36.5 Å². The van der Waals surface area contributed by atoms with E-state index in [0.29, 0.717) is 0 Å². The van der Waals surface area contributed by atoms with Crippen LogP contribution >= 0.6 is 0 Å². The smallest absolute Gasteiger partial charge is 0.335 e. The molecule has 0 bridgehead atoms. The highest BCUT2D eigenvalue weighted by Gasteiger charge is 2.47. The first kappa shape index (κ1) is 12.4. The number of aliphatic hydroxyl groups is 3. The van der Waals surface area contributed by atoms with Crippen molar-refractivity contribution in [3.63, 3.8) is 0 Å². The molecule has 1 unspecified atom stereocenters. The van der Waals surface area contributed by atoms with E-state index in [1.54, 1.807) is 13.8 Å². The lowest BCUT2D eigenvalue weighted by atomic mass is 9.89. The quantitative estimate of drug-likeness (QED) is 0.455. The van der Waals surface area contributed by atoms with Crippen molar-refractivity contribution in [2.75, 3.05) is 0 Å². The number of aliphatic carboxylic acids is 1. The fourth-order valence-electron chi connectivity index (χ4n) is 1.66. The van der Waals surface area contributed by atoms with Gasteiger partial charge >= 0.3 is 5.97 Å². The molecule has 1 aliphatic rings. The topological polar surface area (TPSA) is 107 Å². The molecular weight excluding hydrogens is 204 g/mol. The van der Waals surface area contributed by atoms with Crippen LogP contribution in [-0.4, -0.2) is 56.9 Å². The van der Waals surface area contributed by atoms with E-state index in [9.17, 15) is 20.1 Å². The second-order valence-corrected chi connectivity index (χ2v) is 4.08. The van der Waals surface area contributed by atoms with Crippen LogP contribution < -0.4 is 0 Å². The molecule has 0 saturated carbocycles. The minimum Gasteiger partial charge on any atom is -0.479 e. The summed E-state index contributed by atoms with van der Waals surface area (Å²) in [6.07, 6.45) is -6.64. The Kier molecular flexibility index (Phi) is 3.67. The predicted molar refractivity (Wildman–Crippen MR) is 49.2 cm³/mol. The Morgan fingerprint density at radius 2 is 1.67 bits per heavy atom. The third-order valence-corrected chi connectivity index (χ3v) is 2.55. The molecule has 0 aromatic carbocycles. The molecule has 5 atom stereocenters. The van der Waals surface area contributed by atoms with E-state index in [0.717, 1.165) is 0 Å². The molecule has 0 aromatic heterocycles. The summed E-state index contributed by atoms with van der Waals surface area (Å²) >= 11 is 0. The van der Waals surface area contributed by atoms with Crippen LogP contribution in [0.5, 0.6) is 0 Å². The molecule has 0 amide bonds. The Balaban J connectivity index is 2.85. The number of ether oxygens (including phenoxy) is 1. The SMILES string of the molecule is CC(C)C1O[C@H](C(=O)O)[C@@H](O)[C@H](O)[C@H]1O. The van der Waals surface area contributed by atoms with Crippen molar-refractivity contribution >= 4 is 5.97 Å². The first-order chi connectivity index (χ1) is 6.86. The first-order valence-electron chi connectivity index (χ1n) is 4.78. The van der Waals surface area contributed by atoms with Gasteiger partial charge in [-0.25, -0.2) is 4.79 Å². The minimum atomic E-state index is -1.60. The highest BCUT2D eigenvalue weighted by molar-refractivity contribution is 5.73. The molecule has 1 heterocycles. The highest BCUT2D eigenvalue weighted by Crippen LogP contribution is 2.25. The lowest BCUT2D eigenvalue weighted by Gasteiger charge is -2.40. The van der Waals surface area contributed by atoms with E-state index in [1.165, 1.54) is 0 Å².